The molecular weight excluding hydrogens is 211 g/mol. The van der Waals surface area contributed by atoms with E-state index < -0.39 is 25.3 Å². The Morgan fingerprint density at radius 3 is 2.21 bits per heavy atom. The molecule has 84 valence electrons. The van der Waals surface area contributed by atoms with Crippen molar-refractivity contribution >= 4 is 13.6 Å². The Hall–Kier alpha value is -0.460. The lowest BCUT2D eigenvalue weighted by Crippen LogP contribution is -2.34. The van der Waals surface area contributed by atoms with Gasteiger partial charge in [-0.3, -0.25) is 9.36 Å². The average Bonchev–Trinajstić information content (AvgIpc) is 2.01. The molecule has 7 nitrogen and oxygen atoms in total. The third-order valence-electron chi connectivity index (χ3n) is 1.82. The Kier molecular flexibility index (Phi) is 5.25. The molecule has 14 heavy (non-hydrogen) atoms. The fourth-order valence-electron chi connectivity index (χ4n) is 1.01. The lowest BCUT2D eigenvalue weighted by Gasteiger charge is -2.19. The van der Waals surface area contributed by atoms with E-state index in [1.165, 1.54) is 0 Å². The van der Waals surface area contributed by atoms with Crippen molar-refractivity contribution in [3.63, 3.8) is 0 Å². The summed E-state index contributed by atoms with van der Waals surface area (Å²) in [6, 6.07) is -1.26. The van der Waals surface area contributed by atoms with Gasteiger partial charge in [-0.2, -0.15) is 0 Å². The van der Waals surface area contributed by atoms with Crippen LogP contribution in [0.1, 0.15) is 12.8 Å². The van der Waals surface area contributed by atoms with Crippen molar-refractivity contribution in [2.24, 2.45) is 11.5 Å². The van der Waals surface area contributed by atoms with Gasteiger partial charge in [0, 0.05) is 0 Å². The van der Waals surface area contributed by atoms with Gasteiger partial charge in [-0.05, 0) is 19.4 Å². The van der Waals surface area contributed by atoms with Crippen LogP contribution in [0.3, 0.4) is 0 Å². The zero-order valence-electron chi connectivity index (χ0n) is 7.54. The molecule has 0 saturated carbocycles. The topological polar surface area (TPSA) is 147 Å². The Balaban J connectivity index is 4.38. The van der Waals surface area contributed by atoms with E-state index in [0.29, 0.717) is 0 Å². The molecule has 0 aromatic rings. The summed E-state index contributed by atoms with van der Waals surface area (Å²) in [5.74, 6) is -1.28. The second-order valence-electron chi connectivity index (χ2n) is 3.00. The number of carbonyl (C=O) groups is 1. The second-order valence-corrected chi connectivity index (χ2v) is 4.91. The number of aliphatic carboxylic acids is 1. The number of rotatable bonds is 6. The maximum atomic E-state index is 10.9. The van der Waals surface area contributed by atoms with Crippen LogP contribution >= 0.6 is 7.60 Å². The first-order chi connectivity index (χ1) is 6.29. The third-order valence-corrected chi connectivity index (χ3v) is 3.24. The third kappa shape index (κ3) is 4.69. The van der Waals surface area contributed by atoms with E-state index in [9.17, 15) is 9.36 Å². The number of nitrogens with two attached hydrogens (primary N) is 2. The minimum atomic E-state index is -4.31. The van der Waals surface area contributed by atoms with Gasteiger partial charge in [0.05, 0.1) is 5.66 Å². The highest BCUT2D eigenvalue weighted by molar-refractivity contribution is 7.52. The van der Waals surface area contributed by atoms with Gasteiger partial charge in [0.25, 0.3) is 0 Å². The maximum Gasteiger partial charge on any atom is 0.328 e. The quantitative estimate of drug-likeness (QED) is 0.353. The monoisotopic (exact) mass is 226 g/mol. The minimum Gasteiger partial charge on any atom is -0.480 e. The predicted molar refractivity (Wildman–Crippen MR) is 49.7 cm³/mol. The van der Waals surface area contributed by atoms with Gasteiger partial charge in [0.2, 0.25) is 0 Å². The molecule has 0 heterocycles. The summed E-state index contributed by atoms with van der Waals surface area (Å²) >= 11 is 0. The zero-order chi connectivity index (χ0) is 11.4. The molecule has 0 radical (unpaired) electrons. The van der Waals surface area contributed by atoms with Crippen molar-refractivity contribution in [3.8, 4) is 0 Å². The van der Waals surface area contributed by atoms with Crippen molar-refractivity contribution < 1.29 is 24.3 Å². The zero-order valence-corrected chi connectivity index (χ0v) is 8.43. The molecule has 1 unspecified atom stereocenters. The molecule has 0 fully saturated rings. The standard InChI is InChI=1S/C6H15N2O5P/c7-2-1-4(14(11,12)13)3-5(8)6(9)10/h4-5H,1-3,7-8H2,(H,9,10)(H2,11,12,13)/t4?,5-/m0/s1. The Labute approximate surface area is 81.3 Å². The van der Waals surface area contributed by atoms with Crippen molar-refractivity contribution in [1.29, 1.82) is 0 Å². The summed E-state index contributed by atoms with van der Waals surface area (Å²) in [6.07, 6.45) is -0.206. The fraction of sp³-hybridized carbons (Fsp3) is 0.833. The van der Waals surface area contributed by atoms with Gasteiger partial charge in [-0.15, -0.1) is 0 Å². The summed E-state index contributed by atoms with van der Waals surface area (Å²) in [5, 5.41) is 8.46. The normalized spacial score (nSPS) is 16.3. The molecule has 0 aliphatic heterocycles. The number of hydrogen-bond donors (Lipinski definition) is 5. The summed E-state index contributed by atoms with van der Waals surface area (Å²) in [6.45, 7) is 0.0854. The van der Waals surface area contributed by atoms with E-state index in [0.717, 1.165) is 0 Å². The summed E-state index contributed by atoms with van der Waals surface area (Å²) in [7, 11) is -4.31. The van der Waals surface area contributed by atoms with Crippen LogP contribution in [-0.2, 0) is 9.36 Å². The summed E-state index contributed by atoms with van der Waals surface area (Å²) < 4.78 is 10.9. The number of carboxylic acid groups (broad SMARTS) is 1. The first-order valence-electron chi connectivity index (χ1n) is 4.02. The lowest BCUT2D eigenvalue weighted by atomic mass is 10.1. The van der Waals surface area contributed by atoms with Gasteiger partial charge >= 0.3 is 13.6 Å². The Bertz CT molecular complexity index is 240. The van der Waals surface area contributed by atoms with E-state index in [1.54, 1.807) is 0 Å². The van der Waals surface area contributed by atoms with Gasteiger partial charge < -0.3 is 26.4 Å². The Morgan fingerprint density at radius 2 is 1.93 bits per heavy atom. The molecular formula is C6H15N2O5P. The molecule has 8 heteroatoms. The number of carboxylic acids is 1. The van der Waals surface area contributed by atoms with Crippen LogP contribution in [0.4, 0.5) is 0 Å². The molecule has 0 aromatic carbocycles. The highest BCUT2D eigenvalue weighted by Crippen LogP contribution is 2.44. The van der Waals surface area contributed by atoms with Crippen molar-refractivity contribution in [1.82, 2.24) is 0 Å². The van der Waals surface area contributed by atoms with Crippen LogP contribution in [0.15, 0.2) is 0 Å². The van der Waals surface area contributed by atoms with Crippen LogP contribution < -0.4 is 11.5 Å². The molecule has 0 aliphatic rings. The first-order valence-corrected chi connectivity index (χ1v) is 5.71. The second kappa shape index (κ2) is 5.43. The smallest absolute Gasteiger partial charge is 0.328 e. The molecule has 0 rings (SSSR count). The lowest BCUT2D eigenvalue weighted by molar-refractivity contribution is -0.138. The first kappa shape index (κ1) is 13.5. The van der Waals surface area contributed by atoms with Gasteiger partial charge in [0.1, 0.15) is 6.04 Å². The van der Waals surface area contributed by atoms with E-state index in [2.05, 4.69) is 0 Å². The van der Waals surface area contributed by atoms with Crippen LogP contribution in [-0.4, -0.2) is 39.1 Å². The predicted octanol–water partition coefficient (Wildman–Crippen LogP) is -1.32. The van der Waals surface area contributed by atoms with Crippen LogP contribution in [0, 0.1) is 0 Å². The van der Waals surface area contributed by atoms with Gasteiger partial charge in [0.15, 0.2) is 0 Å². The fourth-order valence-corrected chi connectivity index (χ4v) is 2.00. The van der Waals surface area contributed by atoms with Gasteiger partial charge in [-0.1, -0.05) is 0 Å². The molecule has 0 aliphatic carbocycles. The van der Waals surface area contributed by atoms with E-state index in [4.69, 9.17) is 26.4 Å². The van der Waals surface area contributed by atoms with E-state index in [-0.39, 0.29) is 19.4 Å². The van der Waals surface area contributed by atoms with Crippen molar-refractivity contribution in [2.75, 3.05) is 6.54 Å². The van der Waals surface area contributed by atoms with Crippen LogP contribution in [0.2, 0.25) is 0 Å². The molecule has 7 N–H and O–H groups in total. The molecule has 2 atom stereocenters. The Morgan fingerprint density at radius 1 is 1.43 bits per heavy atom. The van der Waals surface area contributed by atoms with Crippen LogP contribution in [0.5, 0.6) is 0 Å². The molecule has 0 amide bonds. The van der Waals surface area contributed by atoms with Crippen molar-refractivity contribution in [2.45, 2.75) is 24.5 Å². The molecule has 0 saturated heterocycles. The maximum absolute atomic E-state index is 10.9. The summed E-state index contributed by atoms with van der Waals surface area (Å²) in [4.78, 5) is 28.0. The molecule has 0 aromatic heterocycles. The summed E-state index contributed by atoms with van der Waals surface area (Å²) in [5.41, 5.74) is 9.24. The highest BCUT2D eigenvalue weighted by atomic mass is 31.2. The molecule has 0 spiro atoms. The van der Waals surface area contributed by atoms with Crippen LogP contribution in [0.25, 0.3) is 0 Å². The largest absolute Gasteiger partial charge is 0.480 e. The van der Waals surface area contributed by atoms with Gasteiger partial charge in [-0.25, -0.2) is 0 Å². The van der Waals surface area contributed by atoms with Crippen molar-refractivity contribution in [3.05, 3.63) is 0 Å². The highest BCUT2D eigenvalue weighted by Gasteiger charge is 2.31. The average molecular weight is 226 g/mol. The SMILES string of the molecule is NCCC(C[C@H](N)C(=O)O)P(=O)(O)O. The molecule has 0 bridgehead atoms. The van der Waals surface area contributed by atoms with E-state index >= 15 is 0 Å². The number of hydrogen-bond acceptors (Lipinski definition) is 4. The minimum absolute atomic E-state index is 0.0608. The van der Waals surface area contributed by atoms with E-state index in [1.807, 2.05) is 0 Å².